The first-order valence-electron chi connectivity index (χ1n) is 7.82. The molecule has 2 N–H and O–H groups in total. The van der Waals surface area contributed by atoms with Crippen LogP contribution in [0.15, 0.2) is 36.4 Å². The number of ether oxygens (including phenoxy) is 1. The molecule has 1 amide bonds. The van der Waals surface area contributed by atoms with E-state index < -0.39 is 0 Å². The van der Waals surface area contributed by atoms with Crippen LogP contribution in [0.3, 0.4) is 0 Å². The minimum Gasteiger partial charge on any atom is -0.496 e. The predicted molar refractivity (Wildman–Crippen MR) is 95.2 cm³/mol. The van der Waals surface area contributed by atoms with Gasteiger partial charge in [-0.05, 0) is 36.2 Å². The first-order chi connectivity index (χ1) is 10.8. The van der Waals surface area contributed by atoms with E-state index in [0.717, 1.165) is 48.0 Å². The second-order valence-corrected chi connectivity index (χ2v) is 5.73. The van der Waals surface area contributed by atoms with E-state index in [0.29, 0.717) is 6.54 Å². The Labute approximate surface area is 143 Å². The number of hydrogen-bond acceptors (Lipinski definition) is 3. The summed E-state index contributed by atoms with van der Waals surface area (Å²) in [6.07, 6.45) is 2.03. The minimum atomic E-state index is 0. The van der Waals surface area contributed by atoms with Gasteiger partial charge in [-0.25, -0.2) is 0 Å². The number of carbonyl (C=O) groups excluding carboxylic acids is 1. The molecule has 1 saturated heterocycles. The molecule has 4 nitrogen and oxygen atoms in total. The largest absolute Gasteiger partial charge is 0.496 e. The minimum absolute atomic E-state index is 0. The molecule has 124 valence electrons. The zero-order chi connectivity index (χ0) is 15.4. The summed E-state index contributed by atoms with van der Waals surface area (Å²) in [5, 5.41) is 8.64. The lowest BCUT2D eigenvalue weighted by Gasteiger charge is -2.22. The normalized spacial score (nSPS) is 17.3. The van der Waals surface area contributed by atoms with Crippen molar-refractivity contribution in [1.82, 2.24) is 10.6 Å². The third-order valence-electron chi connectivity index (χ3n) is 4.32. The predicted octanol–water partition coefficient (Wildman–Crippen LogP) is 2.89. The van der Waals surface area contributed by atoms with Crippen molar-refractivity contribution in [3.05, 3.63) is 42.0 Å². The molecule has 0 aromatic heterocycles. The van der Waals surface area contributed by atoms with E-state index in [9.17, 15) is 4.79 Å². The van der Waals surface area contributed by atoms with E-state index in [2.05, 4.69) is 22.8 Å². The van der Waals surface area contributed by atoms with E-state index >= 15 is 0 Å². The highest BCUT2D eigenvalue weighted by Gasteiger charge is 2.21. The van der Waals surface area contributed by atoms with Gasteiger partial charge in [0.25, 0.3) is 0 Å². The number of benzene rings is 2. The lowest BCUT2D eigenvalue weighted by molar-refractivity contribution is -0.125. The van der Waals surface area contributed by atoms with Gasteiger partial charge in [-0.15, -0.1) is 12.4 Å². The van der Waals surface area contributed by atoms with Crippen molar-refractivity contribution in [3.63, 3.8) is 0 Å². The van der Waals surface area contributed by atoms with Crippen LogP contribution in [-0.4, -0.2) is 26.1 Å². The van der Waals surface area contributed by atoms with Gasteiger partial charge >= 0.3 is 0 Å². The molecule has 1 aliphatic rings. The molecule has 23 heavy (non-hydrogen) atoms. The number of methoxy groups -OCH3 is 1. The molecule has 3 rings (SSSR count). The van der Waals surface area contributed by atoms with Crippen LogP contribution in [0.5, 0.6) is 5.75 Å². The molecule has 0 radical (unpaired) electrons. The van der Waals surface area contributed by atoms with Crippen LogP contribution in [0.2, 0.25) is 0 Å². The Morgan fingerprint density at radius 2 is 2.13 bits per heavy atom. The molecule has 0 saturated carbocycles. The van der Waals surface area contributed by atoms with Gasteiger partial charge in [-0.2, -0.15) is 0 Å². The molecule has 2 aromatic rings. The van der Waals surface area contributed by atoms with Crippen LogP contribution >= 0.6 is 12.4 Å². The maximum Gasteiger partial charge on any atom is 0.224 e. The van der Waals surface area contributed by atoms with Crippen molar-refractivity contribution in [3.8, 4) is 5.75 Å². The van der Waals surface area contributed by atoms with Crippen LogP contribution in [0.4, 0.5) is 0 Å². The number of hydrogen-bond donors (Lipinski definition) is 2. The third kappa shape index (κ3) is 3.95. The Balaban J connectivity index is 0.00000192. The van der Waals surface area contributed by atoms with Crippen molar-refractivity contribution in [2.45, 2.75) is 19.4 Å². The molecule has 1 aliphatic heterocycles. The molecule has 1 fully saturated rings. The summed E-state index contributed by atoms with van der Waals surface area (Å²) in [6.45, 7) is 2.29. The first-order valence-corrected chi connectivity index (χ1v) is 7.82. The van der Waals surface area contributed by atoms with Crippen LogP contribution in [-0.2, 0) is 11.3 Å². The SMILES string of the molecule is COc1ccc2ccccc2c1CNC(=O)C1CCCNC1.Cl. The smallest absolute Gasteiger partial charge is 0.224 e. The van der Waals surface area contributed by atoms with Crippen molar-refractivity contribution in [2.75, 3.05) is 20.2 Å². The van der Waals surface area contributed by atoms with Gasteiger partial charge in [0.2, 0.25) is 5.91 Å². The summed E-state index contributed by atoms with van der Waals surface area (Å²) in [7, 11) is 1.67. The Bertz CT molecular complexity index is 669. The van der Waals surface area contributed by atoms with Gasteiger partial charge < -0.3 is 15.4 Å². The highest BCUT2D eigenvalue weighted by molar-refractivity contribution is 5.88. The molecule has 1 unspecified atom stereocenters. The number of piperidine rings is 1. The fourth-order valence-corrected chi connectivity index (χ4v) is 3.08. The van der Waals surface area contributed by atoms with Crippen LogP contribution in [0, 0.1) is 5.92 Å². The summed E-state index contributed by atoms with van der Waals surface area (Å²) in [5.41, 5.74) is 1.04. The van der Waals surface area contributed by atoms with Crippen molar-refractivity contribution in [1.29, 1.82) is 0 Å². The Morgan fingerprint density at radius 1 is 1.30 bits per heavy atom. The third-order valence-corrected chi connectivity index (χ3v) is 4.32. The van der Waals surface area contributed by atoms with Gasteiger partial charge in [-0.1, -0.05) is 30.3 Å². The Hall–Kier alpha value is -1.78. The van der Waals surface area contributed by atoms with Gasteiger partial charge in [-0.3, -0.25) is 4.79 Å². The molecule has 0 spiro atoms. The second kappa shape index (κ2) is 8.18. The highest BCUT2D eigenvalue weighted by Crippen LogP contribution is 2.27. The number of carbonyl (C=O) groups is 1. The fraction of sp³-hybridized carbons (Fsp3) is 0.389. The van der Waals surface area contributed by atoms with Crippen LogP contribution < -0.4 is 15.4 Å². The summed E-state index contributed by atoms with van der Waals surface area (Å²) >= 11 is 0. The number of nitrogens with one attached hydrogen (secondary N) is 2. The van der Waals surface area contributed by atoms with Crippen LogP contribution in [0.1, 0.15) is 18.4 Å². The van der Waals surface area contributed by atoms with Gasteiger partial charge in [0, 0.05) is 18.7 Å². The molecule has 1 atom stereocenters. The average molecular weight is 335 g/mol. The monoisotopic (exact) mass is 334 g/mol. The number of amides is 1. The second-order valence-electron chi connectivity index (χ2n) is 5.73. The maximum atomic E-state index is 12.3. The molecule has 0 aliphatic carbocycles. The standard InChI is InChI=1S/C18H22N2O2.ClH/c1-22-17-9-8-13-5-2-3-7-15(13)16(17)12-20-18(21)14-6-4-10-19-11-14;/h2-3,5,7-9,14,19H,4,6,10-12H2,1H3,(H,20,21);1H. The molecular formula is C18H23ClN2O2. The fourth-order valence-electron chi connectivity index (χ4n) is 3.08. The van der Waals surface area contributed by atoms with E-state index in [1.165, 1.54) is 0 Å². The van der Waals surface area contributed by atoms with E-state index in [-0.39, 0.29) is 24.2 Å². The molecular weight excluding hydrogens is 312 g/mol. The molecule has 0 bridgehead atoms. The molecule has 5 heteroatoms. The first kappa shape index (κ1) is 17.6. The number of rotatable bonds is 4. The summed E-state index contributed by atoms with van der Waals surface area (Å²) in [6, 6.07) is 12.2. The van der Waals surface area contributed by atoms with E-state index in [4.69, 9.17) is 4.74 Å². The molecule has 1 heterocycles. The Morgan fingerprint density at radius 3 is 2.87 bits per heavy atom. The molecule has 2 aromatic carbocycles. The van der Waals surface area contributed by atoms with E-state index in [1.54, 1.807) is 7.11 Å². The maximum absolute atomic E-state index is 12.3. The quantitative estimate of drug-likeness (QED) is 0.904. The summed E-state index contributed by atoms with van der Waals surface area (Å²) in [5.74, 6) is 1.03. The summed E-state index contributed by atoms with van der Waals surface area (Å²) < 4.78 is 5.47. The topological polar surface area (TPSA) is 50.4 Å². The number of fused-ring (bicyclic) bond motifs is 1. The van der Waals surface area contributed by atoms with Gasteiger partial charge in [0.05, 0.1) is 13.0 Å². The zero-order valence-corrected chi connectivity index (χ0v) is 14.1. The van der Waals surface area contributed by atoms with Crippen LogP contribution in [0.25, 0.3) is 10.8 Å². The van der Waals surface area contributed by atoms with Gasteiger partial charge in [0.15, 0.2) is 0 Å². The van der Waals surface area contributed by atoms with Gasteiger partial charge in [0.1, 0.15) is 5.75 Å². The lowest BCUT2D eigenvalue weighted by Crippen LogP contribution is -2.40. The average Bonchev–Trinajstić information content (AvgIpc) is 2.60. The zero-order valence-electron chi connectivity index (χ0n) is 13.3. The van der Waals surface area contributed by atoms with E-state index in [1.807, 2.05) is 24.3 Å². The Kier molecular flexibility index (Phi) is 6.25. The summed E-state index contributed by atoms with van der Waals surface area (Å²) in [4.78, 5) is 12.3. The van der Waals surface area contributed by atoms with Crippen molar-refractivity contribution < 1.29 is 9.53 Å². The lowest BCUT2D eigenvalue weighted by atomic mass is 9.98. The van der Waals surface area contributed by atoms with Crippen molar-refractivity contribution >= 4 is 29.1 Å². The number of halogens is 1. The van der Waals surface area contributed by atoms with Crippen molar-refractivity contribution in [2.24, 2.45) is 5.92 Å². The highest BCUT2D eigenvalue weighted by atomic mass is 35.5.